The van der Waals surface area contributed by atoms with Crippen molar-refractivity contribution in [3.63, 3.8) is 0 Å². The number of amides is 1. The minimum absolute atomic E-state index is 0. The quantitative estimate of drug-likeness (QED) is 0.675. The standard InChI is InChI=1S/C9H10BF3NO3.K/c1-16-7-2-6(9(14)15)3-8(4-7)17-5-10(11,12)13;/h2-4H,5H2,1H3,(H2,14,15);/q-1;+1. The summed E-state index contributed by atoms with van der Waals surface area (Å²) in [5.74, 6) is -0.686. The molecule has 2 N–H and O–H groups in total. The molecule has 0 heterocycles. The smallest absolute Gasteiger partial charge is 0.522 e. The molecule has 94 valence electrons. The fourth-order valence-electron chi connectivity index (χ4n) is 1.11. The second-order valence-electron chi connectivity index (χ2n) is 3.28. The van der Waals surface area contributed by atoms with E-state index in [1.807, 2.05) is 0 Å². The molecule has 1 rings (SSSR count). The number of nitrogens with two attached hydrogens (primary N) is 1. The molecule has 0 saturated carbocycles. The van der Waals surface area contributed by atoms with Gasteiger partial charge in [0.15, 0.2) is 0 Å². The Balaban J connectivity index is 0.00000289. The molecule has 1 aromatic rings. The van der Waals surface area contributed by atoms with Crippen molar-refractivity contribution in [3.8, 4) is 11.5 Å². The number of rotatable bonds is 5. The fraction of sp³-hybridized carbons (Fsp3) is 0.222. The summed E-state index contributed by atoms with van der Waals surface area (Å²) in [4.78, 5) is 10.9. The van der Waals surface area contributed by atoms with Crippen molar-refractivity contribution in [2.45, 2.75) is 0 Å². The van der Waals surface area contributed by atoms with Gasteiger partial charge in [-0.1, -0.05) is 0 Å². The van der Waals surface area contributed by atoms with Gasteiger partial charge >= 0.3 is 58.4 Å². The van der Waals surface area contributed by atoms with E-state index in [4.69, 9.17) is 10.5 Å². The van der Waals surface area contributed by atoms with E-state index in [9.17, 15) is 17.7 Å². The molecule has 0 atom stereocenters. The third-order valence-corrected chi connectivity index (χ3v) is 1.84. The van der Waals surface area contributed by atoms with E-state index < -0.39 is 19.4 Å². The molecule has 9 heteroatoms. The predicted molar refractivity (Wildman–Crippen MR) is 56.1 cm³/mol. The molecule has 0 unspecified atom stereocenters. The molecule has 0 aliphatic carbocycles. The van der Waals surface area contributed by atoms with E-state index in [-0.39, 0.29) is 68.4 Å². The molecule has 0 radical (unpaired) electrons. The zero-order chi connectivity index (χ0) is 13.1. The van der Waals surface area contributed by atoms with Crippen LogP contribution in [0.1, 0.15) is 10.4 Å². The zero-order valence-corrected chi connectivity index (χ0v) is 13.1. The Hall–Kier alpha value is -0.219. The van der Waals surface area contributed by atoms with Gasteiger partial charge in [-0.2, -0.15) is 0 Å². The average molecular weight is 287 g/mol. The molecule has 1 amide bonds. The zero-order valence-electron chi connectivity index (χ0n) is 9.95. The van der Waals surface area contributed by atoms with E-state index in [2.05, 4.69) is 4.74 Å². The van der Waals surface area contributed by atoms with E-state index in [0.29, 0.717) is 0 Å². The van der Waals surface area contributed by atoms with Gasteiger partial charge in [-0.05, 0) is 12.1 Å². The first kappa shape index (κ1) is 17.8. The maximum absolute atomic E-state index is 12.0. The summed E-state index contributed by atoms with van der Waals surface area (Å²) in [7, 11) is 1.32. The van der Waals surface area contributed by atoms with Crippen molar-refractivity contribution in [2.24, 2.45) is 5.73 Å². The minimum Gasteiger partial charge on any atom is -0.522 e. The molecule has 0 aromatic heterocycles. The number of hydrogen-bond acceptors (Lipinski definition) is 3. The van der Waals surface area contributed by atoms with E-state index in [1.54, 1.807) is 0 Å². The summed E-state index contributed by atoms with van der Waals surface area (Å²) < 4.78 is 45.3. The molecule has 18 heavy (non-hydrogen) atoms. The first-order valence-corrected chi connectivity index (χ1v) is 4.64. The van der Waals surface area contributed by atoms with Crippen molar-refractivity contribution >= 4 is 12.9 Å². The number of methoxy groups -OCH3 is 1. The Morgan fingerprint density at radius 2 is 1.83 bits per heavy atom. The van der Waals surface area contributed by atoms with Crippen LogP contribution in [0.15, 0.2) is 18.2 Å². The molecule has 0 bridgehead atoms. The summed E-state index contributed by atoms with van der Waals surface area (Å²) in [6, 6.07) is 3.69. The fourth-order valence-corrected chi connectivity index (χ4v) is 1.11. The largest absolute Gasteiger partial charge is 1.00 e. The normalized spacial score (nSPS) is 10.4. The summed E-state index contributed by atoms with van der Waals surface area (Å²) in [5, 5.41) is 0. The molecule has 0 aliphatic rings. The Bertz CT molecular complexity index is 428. The molecule has 0 spiro atoms. The van der Waals surface area contributed by atoms with Crippen LogP contribution in [-0.4, -0.2) is 26.5 Å². The third kappa shape index (κ3) is 6.10. The molecule has 1 aromatic carbocycles. The average Bonchev–Trinajstić information content (AvgIpc) is 2.25. The summed E-state index contributed by atoms with van der Waals surface area (Å²) in [6.07, 6.45) is 0. The van der Waals surface area contributed by atoms with Crippen LogP contribution in [0.4, 0.5) is 12.9 Å². The SMILES string of the molecule is COc1cc(OC[B-](F)(F)F)cc(C(N)=O)c1.[K+]. The van der Waals surface area contributed by atoms with Gasteiger partial charge in [0.25, 0.3) is 0 Å². The Kier molecular flexibility index (Phi) is 7.30. The van der Waals surface area contributed by atoms with Crippen molar-refractivity contribution in [1.82, 2.24) is 0 Å². The van der Waals surface area contributed by atoms with Crippen LogP contribution in [0.5, 0.6) is 11.5 Å². The second kappa shape index (κ2) is 7.39. The molecule has 0 fully saturated rings. The van der Waals surface area contributed by atoms with E-state index in [0.717, 1.165) is 6.07 Å². The van der Waals surface area contributed by atoms with Crippen molar-refractivity contribution in [3.05, 3.63) is 23.8 Å². The minimum atomic E-state index is -5.05. The molecular formula is C9H10BF3KNO3. The Morgan fingerprint density at radius 1 is 1.28 bits per heavy atom. The molecular weight excluding hydrogens is 277 g/mol. The monoisotopic (exact) mass is 287 g/mol. The maximum Gasteiger partial charge on any atom is 1.00 e. The van der Waals surface area contributed by atoms with Crippen LogP contribution in [0, 0.1) is 0 Å². The number of hydrogen-bond donors (Lipinski definition) is 1. The number of benzene rings is 1. The van der Waals surface area contributed by atoms with Gasteiger partial charge in [0.1, 0.15) is 11.5 Å². The maximum atomic E-state index is 12.0. The molecule has 0 saturated heterocycles. The van der Waals surface area contributed by atoms with Gasteiger partial charge < -0.3 is 28.2 Å². The second-order valence-corrected chi connectivity index (χ2v) is 3.28. The Labute approximate surface area is 144 Å². The van der Waals surface area contributed by atoms with Crippen LogP contribution < -0.4 is 66.6 Å². The van der Waals surface area contributed by atoms with Crippen molar-refractivity contribution in [1.29, 1.82) is 0 Å². The van der Waals surface area contributed by atoms with Gasteiger partial charge in [-0.15, -0.1) is 0 Å². The van der Waals surface area contributed by atoms with Crippen LogP contribution in [-0.2, 0) is 0 Å². The van der Waals surface area contributed by atoms with E-state index >= 15 is 0 Å². The van der Waals surface area contributed by atoms with Crippen molar-refractivity contribution < 1.29 is 78.6 Å². The van der Waals surface area contributed by atoms with Gasteiger partial charge in [-0.25, -0.2) is 0 Å². The van der Waals surface area contributed by atoms with Crippen LogP contribution in [0.3, 0.4) is 0 Å². The first-order valence-electron chi connectivity index (χ1n) is 4.64. The van der Waals surface area contributed by atoms with Gasteiger partial charge in [0.2, 0.25) is 5.91 Å². The van der Waals surface area contributed by atoms with E-state index in [1.165, 1.54) is 19.2 Å². The number of ether oxygens (including phenoxy) is 2. The van der Waals surface area contributed by atoms with Gasteiger partial charge in [0, 0.05) is 11.6 Å². The Morgan fingerprint density at radius 3 is 2.28 bits per heavy atom. The summed E-state index contributed by atoms with van der Waals surface area (Å²) >= 11 is 0. The predicted octanol–water partition coefficient (Wildman–Crippen LogP) is -1.44. The number of primary amides is 1. The van der Waals surface area contributed by atoms with Gasteiger partial charge in [0.05, 0.1) is 13.6 Å². The number of carbonyl (C=O) groups is 1. The first-order chi connectivity index (χ1) is 7.81. The third-order valence-electron chi connectivity index (χ3n) is 1.84. The molecule has 0 aliphatic heterocycles. The number of carbonyl (C=O) groups excluding carboxylic acids is 1. The van der Waals surface area contributed by atoms with Crippen LogP contribution >= 0.6 is 0 Å². The topological polar surface area (TPSA) is 61.6 Å². The number of halogens is 3. The van der Waals surface area contributed by atoms with Crippen LogP contribution in [0.2, 0.25) is 0 Å². The molecule has 4 nitrogen and oxygen atoms in total. The van der Waals surface area contributed by atoms with Crippen LogP contribution in [0.25, 0.3) is 0 Å². The summed E-state index contributed by atoms with van der Waals surface area (Å²) in [6.45, 7) is -6.44. The van der Waals surface area contributed by atoms with Gasteiger partial charge in [-0.3, -0.25) is 4.79 Å². The van der Waals surface area contributed by atoms with Crippen molar-refractivity contribution in [2.75, 3.05) is 13.6 Å². The summed E-state index contributed by atoms with van der Waals surface area (Å²) in [5.41, 5.74) is 5.04.